The van der Waals surface area contributed by atoms with E-state index < -0.39 is 15.0 Å². The largest absolute Gasteiger partial charge is 0.379 e. The van der Waals surface area contributed by atoms with Gasteiger partial charge in [-0.3, -0.25) is 10.1 Å². The number of non-ortho nitro benzene ring substituents is 1. The molecule has 0 bridgehead atoms. The quantitative estimate of drug-likeness (QED) is 0.466. The van der Waals surface area contributed by atoms with Crippen molar-refractivity contribution in [3.05, 3.63) is 62.6 Å². The number of nitrogens with zero attached hydrogens (tertiary/aromatic N) is 1. The summed E-state index contributed by atoms with van der Waals surface area (Å²) in [5, 5.41) is 10.7. The van der Waals surface area contributed by atoms with E-state index in [4.69, 9.17) is 4.18 Å². The number of hydrogen-bond donors (Lipinski definition) is 0. The van der Waals surface area contributed by atoms with E-state index in [9.17, 15) is 18.5 Å². The van der Waals surface area contributed by atoms with Crippen molar-refractivity contribution >= 4 is 31.7 Å². The summed E-state index contributed by atoms with van der Waals surface area (Å²) < 4.78 is 29.7. The van der Waals surface area contributed by atoms with Crippen molar-refractivity contribution in [1.29, 1.82) is 0 Å². The fourth-order valence-corrected chi connectivity index (χ4v) is 3.70. The van der Waals surface area contributed by atoms with E-state index in [0.717, 1.165) is 11.6 Å². The van der Waals surface area contributed by atoms with Crippen LogP contribution in [0.25, 0.3) is 0 Å². The molecule has 2 rings (SSSR count). The predicted molar refractivity (Wildman–Crippen MR) is 79.8 cm³/mol. The summed E-state index contributed by atoms with van der Waals surface area (Å²) in [6, 6.07) is 9.69. The van der Waals surface area contributed by atoms with Gasteiger partial charge in [0.25, 0.3) is 5.69 Å². The maximum absolute atomic E-state index is 12.2. The molecule has 0 saturated carbocycles. The fourth-order valence-electron chi connectivity index (χ4n) is 1.63. The molecule has 21 heavy (non-hydrogen) atoms. The summed E-state index contributed by atoms with van der Waals surface area (Å²) in [6.45, 7) is 1.82. The lowest BCUT2D eigenvalue weighted by atomic mass is 10.2. The van der Waals surface area contributed by atoms with Crippen LogP contribution in [-0.2, 0) is 10.1 Å². The third-order valence-electron chi connectivity index (χ3n) is 2.59. The summed E-state index contributed by atoms with van der Waals surface area (Å²) >= 11 is 3.17. The van der Waals surface area contributed by atoms with Crippen molar-refractivity contribution in [2.24, 2.45) is 0 Å². The van der Waals surface area contributed by atoms with Crippen LogP contribution in [0.2, 0.25) is 0 Å². The molecule has 110 valence electrons. The zero-order valence-corrected chi connectivity index (χ0v) is 13.2. The average Bonchev–Trinajstić information content (AvgIpc) is 2.37. The molecule has 6 nitrogen and oxygen atoms in total. The Labute approximate surface area is 129 Å². The van der Waals surface area contributed by atoms with Crippen LogP contribution in [0.5, 0.6) is 5.75 Å². The van der Waals surface area contributed by atoms with E-state index in [0.29, 0.717) is 4.47 Å². The fraction of sp³-hybridized carbons (Fsp3) is 0.0769. The molecule has 0 radical (unpaired) electrons. The molecule has 0 aliphatic carbocycles. The van der Waals surface area contributed by atoms with E-state index in [-0.39, 0.29) is 16.3 Å². The number of hydrogen-bond acceptors (Lipinski definition) is 5. The van der Waals surface area contributed by atoms with Gasteiger partial charge >= 0.3 is 10.1 Å². The number of benzene rings is 2. The SMILES string of the molecule is Cc1ccc(S(=O)(=O)Oc2cccc([N+](=O)[O-])c2)c(Br)c1. The Kier molecular flexibility index (Phi) is 4.29. The highest BCUT2D eigenvalue weighted by atomic mass is 79.9. The van der Waals surface area contributed by atoms with Crippen molar-refractivity contribution in [2.45, 2.75) is 11.8 Å². The van der Waals surface area contributed by atoms with Gasteiger partial charge in [0.15, 0.2) is 0 Å². The van der Waals surface area contributed by atoms with Crippen molar-refractivity contribution in [3.8, 4) is 5.75 Å². The van der Waals surface area contributed by atoms with Gasteiger partial charge in [-0.25, -0.2) is 0 Å². The van der Waals surface area contributed by atoms with E-state index in [1.54, 1.807) is 12.1 Å². The molecule has 2 aromatic rings. The van der Waals surface area contributed by atoms with Crippen LogP contribution in [0.3, 0.4) is 0 Å². The third-order valence-corrected chi connectivity index (χ3v) is 4.82. The number of nitro benzene ring substituents is 1. The van der Waals surface area contributed by atoms with Gasteiger partial charge in [-0.1, -0.05) is 12.1 Å². The molecule has 0 N–H and O–H groups in total. The minimum absolute atomic E-state index is 0.0420. The van der Waals surface area contributed by atoms with Crippen LogP contribution in [0.1, 0.15) is 5.56 Å². The van der Waals surface area contributed by atoms with Gasteiger partial charge in [0.05, 0.1) is 11.0 Å². The minimum Gasteiger partial charge on any atom is -0.379 e. The zero-order chi connectivity index (χ0) is 15.6. The lowest BCUT2D eigenvalue weighted by Crippen LogP contribution is -2.10. The van der Waals surface area contributed by atoms with Gasteiger partial charge in [0, 0.05) is 10.5 Å². The molecule has 0 fully saturated rings. The van der Waals surface area contributed by atoms with E-state index in [2.05, 4.69) is 15.9 Å². The highest BCUT2D eigenvalue weighted by Gasteiger charge is 2.21. The zero-order valence-electron chi connectivity index (χ0n) is 10.8. The Bertz CT molecular complexity index is 804. The van der Waals surface area contributed by atoms with Crippen LogP contribution < -0.4 is 4.18 Å². The normalized spacial score (nSPS) is 11.1. The van der Waals surface area contributed by atoms with Crippen LogP contribution in [-0.4, -0.2) is 13.3 Å². The Balaban J connectivity index is 2.37. The van der Waals surface area contributed by atoms with Crippen molar-refractivity contribution in [2.75, 3.05) is 0 Å². The Morgan fingerprint density at radius 2 is 1.90 bits per heavy atom. The first kappa shape index (κ1) is 15.5. The summed E-state index contributed by atoms with van der Waals surface area (Å²) in [5.74, 6) is -0.114. The van der Waals surface area contributed by atoms with Gasteiger partial charge in [0.2, 0.25) is 0 Å². The summed E-state index contributed by atoms with van der Waals surface area (Å²) in [6.07, 6.45) is 0. The molecule has 0 heterocycles. The summed E-state index contributed by atoms with van der Waals surface area (Å²) in [5.41, 5.74) is 0.641. The summed E-state index contributed by atoms with van der Waals surface area (Å²) in [4.78, 5) is 10.0. The van der Waals surface area contributed by atoms with Gasteiger partial charge in [-0.2, -0.15) is 8.42 Å². The first-order valence-electron chi connectivity index (χ1n) is 5.75. The lowest BCUT2D eigenvalue weighted by Gasteiger charge is -2.09. The average molecular weight is 372 g/mol. The smallest absolute Gasteiger partial charge is 0.340 e. The molecule has 0 aromatic heterocycles. The van der Waals surface area contributed by atoms with Gasteiger partial charge in [-0.15, -0.1) is 0 Å². The maximum Gasteiger partial charge on any atom is 0.340 e. The number of halogens is 1. The predicted octanol–water partition coefficient (Wildman–Crippen LogP) is 3.43. The molecular formula is C13H10BrNO5S. The van der Waals surface area contributed by atoms with Crippen LogP contribution in [0.15, 0.2) is 51.8 Å². The second-order valence-electron chi connectivity index (χ2n) is 4.23. The van der Waals surface area contributed by atoms with E-state index in [1.807, 2.05) is 6.92 Å². The second-order valence-corrected chi connectivity index (χ2v) is 6.59. The molecule has 0 amide bonds. The minimum atomic E-state index is -4.07. The number of aryl methyl sites for hydroxylation is 1. The monoisotopic (exact) mass is 371 g/mol. The Hall–Kier alpha value is -1.93. The molecular weight excluding hydrogens is 362 g/mol. The highest BCUT2D eigenvalue weighted by Crippen LogP contribution is 2.27. The van der Waals surface area contributed by atoms with E-state index in [1.165, 1.54) is 24.3 Å². The lowest BCUT2D eigenvalue weighted by molar-refractivity contribution is -0.384. The van der Waals surface area contributed by atoms with Gasteiger partial charge in [-0.05, 0) is 46.6 Å². The molecule has 2 aromatic carbocycles. The van der Waals surface area contributed by atoms with Crippen molar-refractivity contribution in [3.63, 3.8) is 0 Å². The molecule has 0 unspecified atom stereocenters. The van der Waals surface area contributed by atoms with Crippen molar-refractivity contribution < 1.29 is 17.5 Å². The summed E-state index contributed by atoms with van der Waals surface area (Å²) in [7, 11) is -4.07. The topological polar surface area (TPSA) is 86.5 Å². The molecule has 0 saturated heterocycles. The number of rotatable bonds is 4. The maximum atomic E-state index is 12.2. The number of nitro groups is 1. The first-order chi connectivity index (χ1) is 9.79. The van der Waals surface area contributed by atoms with Crippen LogP contribution in [0.4, 0.5) is 5.69 Å². The standard InChI is InChI=1S/C13H10BrNO5S/c1-9-5-6-13(12(14)7-9)21(18,19)20-11-4-2-3-10(8-11)15(16)17/h2-8H,1H3. The van der Waals surface area contributed by atoms with Gasteiger partial charge < -0.3 is 4.18 Å². The molecule has 0 aliphatic rings. The van der Waals surface area contributed by atoms with Crippen molar-refractivity contribution in [1.82, 2.24) is 0 Å². The Morgan fingerprint density at radius 3 is 2.52 bits per heavy atom. The Morgan fingerprint density at radius 1 is 1.19 bits per heavy atom. The molecule has 0 aliphatic heterocycles. The first-order valence-corrected chi connectivity index (χ1v) is 7.95. The van der Waals surface area contributed by atoms with Crippen LogP contribution in [0, 0.1) is 17.0 Å². The highest BCUT2D eigenvalue weighted by molar-refractivity contribution is 9.10. The van der Waals surface area contributed by atoms with Gasteiger partial charge in [0.1, 0.15) is 10.6 Å². The van der Waals surface area contributed by atoms with Crippen LogP contribution >= 0.6 is 15.9 Å². The molecule has 8 heteroatoms. The van der Waals surface area contributed by atoms with E-state index >= 15 is 0 Å². The molecule has 0 atom stereocenters. The molecule has 0 spiro atoms. The third kappa shape index (κ3) is 3.59. The second kappa shape index (κ2) is 5.82.